The highest BCUT2D eigenvalue weighted by Crippen LogP contribution is 2.20. The van der Waals surface area contributed by atoms with Gasteiger partial charge in [-0.3, -0.25) is 0 Å². The summed E-state index contributed by atoms with van der Waals surface area (Å²) in [5.74, 6) is -3.41. The second-order valence-corrected chi connectivity index (χ2v) is 6.67. The lowest BCUT2D eigenvalue weighted by molar-refractivity contribution is 0.234. The Morgan fingerprint density at radius 1 is 1.10 bits per heavy atom. The summed E-state index contributed by atoms with van der Waals surface area (Å²) in [6.07, 6.45) is 0. The fraction of sp³-hybridized carbons (Fsp3) is 0.143. The molecular weight excluding hydrogens is 320 g/mol. The summed E-state index contributed by atoms with van der Waals surface area (Å²) in [5.41, 5.74) is 1.58. The molecule has 1 N–H and O–H groups in total. The quantitative estimate of drug-likeness (QED) is 0.902. The number of halogens is 3. The van der Waals surface area contributed by atoms with Gasteiger partial charge in [0.1, 0.15) is 0 Å². The van der Waals surface area contributed by atoms with E-state index in [1.54, 1.807) is 12.1 Å². The van der Waals surface area contributed by atoms with E-state index in [0.29, 0.717) is 17.3 Å². The Kier molecular flexibility index (Phi) is 4.80. The second kappa shape index (κ2) is 6.41. The highest BCUT2D eigenvalue weighted by Gasteiger charge is 2.26. The van der Waals surface area contributed by atoms with E-state index in [4.69, 9.17) is 11.6 Å². The fourth-order valence-electron chi connectivity index (χ4n) is 1.72. The predicted octanol–water partition coefficient (Wildman–Crippen LogP) is 3.95. The average molecular weight is 332 g/mol. The zero-order valence-electron chi connectivity index (χ0n) is 10.8. The first-order valence-electron chi connectivity index (χ1n) is 6.00. The maximum atomic E-state index is 12.4. The summed E-state index contributed by atoms with van der Waals surface area (Å²) in [5, 5.41) is 3.67. The Morgan fingerprint density at radius 3 is 2.33 bits per heavy atom. The third-order valence-corrected chi connectivity index (χ3v) is 4.44. The molecule has 2 aromatic carbocycles. The normalized spacial score (nSPS) is 11.6. The van der Waals surface area contributed by atoms with Gasteiger partial charge in [0.15, 0.2) is 0 Å². The number of alkyl halides is 2. The van der Waals surface area contributed by atoms with Crippen LogP contribution in [0.1, 0.15) is 5.56 Å². The molecule has 0 aliphatic carbocycles. The van der Waals surface area contributed by atoms with Crippen molar-refractivity contribution in [1.29, 1.82) is 0 Å². The van der Waals surface area contributed by atoms with Gasteiger partial charge >= 0.3 is 5.76 Å². The molecule has 0 saturated heterocycles. The second-order valence-electron chi connectivity index (χ2n) is 4.31. The van der Waals surface area contributed by atoms with Crippen LogP contribution in [0.15, 0.2) is 53.4 Å². The van der Waals surface area contributed by atoms with Gasteiger partial charge in [-0.05, 0) is 42.0 Å². The molecule has 0 saturated carbocycles. The smallest absolute Gasteiger partial charge is 0.341 e. The first-order chi connectivity index (χ1) is 9.89. The maximum Gasteiger partial charge on any atom is 0.341 e. The Balaban J connectivity index is 2.07. The van der Waals surface area contributed by atoms with Crippen molar-refractivity contribution in [3.63, 3.8) is 0 Å². The summed E-state index contributed by atoms with van der Waals surface area (Å²) in [6, 6.07) is 12.5. The van der Waals surface area contributed by atoms with Gasteiger partial charge in [-0.25, -0.2) is 8.42 Å². The zero-order valence-corrected chi connectivity index (χ0v) is 12.3. The number of sulfone groups is 1. The monoisotopic (exact) mass is 331 g/mol. The van der Waals surface area contributed by atoms with Crippen molar-refractivity contribution < 1.29 is 17.2 Å². The van der Waals surface area contributed by atoms with E-state index in [1.807, 2.05) is 12.1 Å². The maximum absolute atomic E-state index is 12.4. The van der Waals surface area contributed by atoms with Crippen LogP contribution >= 0.6 is 11.6 Å². The van der Waals surface area contributed by atoms with Crippen LogP contribution < -0.4 is 5.32 Å². The van der Waals surface area contributed by atoms with Crippen molar-refractivity contribution in [3.8, 4) is 0 Å². The van der Waals surface area contributed by atoms with Crippen LogP contribution in [-0.4, -0.2) is 14.2 Å². The van der Waals surface area contributed by atoms with E-state index in [1.165, 1.54) is 12.1 Å². The van der Waals surface area contributed by atoms with E-state index >= 15 is 0 Å². The SMILES string of the molecule is O=S(=O)(c1ccc(NCc2cccc(Cl)c2)cc1)C(F)F. The molecule has 0 bridgehead atoms. The predicted molar refractivity (Wildman–Crippen MR) is 78.4 cm³/mol. The Morgan fingerprint density at radius 2 is 1.76 bits per heavy atom. The number of anilines is 1. The van der Waals surface area contributed by atoms with Gasteiger partial charge in [-0.2, -0.15) is 8.78 Å². The average Bonchev–Trinajstić information content (AvgIpc) is 2.45. The van der Waals surface area contributed by atoms with E-state index in [9.17, 15) is 17.2 Å². The van der Waals surface area contributed by atoms with E-state index in [-0.39, 0.29) is 0 Å². The molecule has 0 unspecified atom stereocenters. The van der Waals surface area contributed by atoms with Crippen LogP contribution in [0.25, 0.3) is 0 Å². The minimum Gasteiger partial charge on any atom is -0.381 e. The fourth-order valence-corrected chi connectivity index (χ4v) is 2.65. The summed E-state index contributed by atoms with van der Waals surface area (Å²) in [6.45, 7) is 0.488. The largest absolute Gasteiger partial charge is 0.381 e. The van der Waals surface area contributed by atoms with Gasteiger partial charge in [0, 0.05) is 17.3 Å². The lowest BCUT2D eigenvalue weighted by Gasteiger charge is -2.08. The van der Waals surface area contributed by atoms with Crippen molar-refractivity contribution in [2.24, 2.45) is 0 Å². The van der Waals surface area contributed by atoms with Gasteiger partial charge in [0.25, 0.3) is 0 Å². The molecule has 0 radical (unpaired) electrons. The molecule has 0 aromatic heterocycles. The molecule has 7 heteroatoms. The summed E-state index contributed by atoms with van der Waals surface area (Å²) in [7, 11) is -4.54. The first-order valence-corrected chi connectivity index (χ1v) is 7.92. The van der Waals surface area contributed by atoms with E-state index in [2.05, 4.69) is 5.32 Å². The molecule has 0 aliphatic rings. The highest BCUT2D eigenvalue weighted by molar-refractivity contribution is 7.91. The lowest BCUT2D eigenvalue weighted by atomic mass is 10.2. The van der Waals surface area contributed by atoms with Crippen LogP contribution in [0.5, 0.6) is 0 Å². The minimum atomic E-state index is -4.54. The third kappa shape index (κ3) is 3.92. The molecule has 3 nitrogen and oxygen atoms in total. The minimum absolute atomic E-state index is 0.397. The van der Waals surface area contributed by atoms with Crippen molar-refractivity contribution in [3.05, 3.63) is 59.1 Å². The van der Waals surface area contributed by atoms with Crippen LogP contribution in [0, 0.1) is 0 Å². The molecule has 0 atom stereocenters. The molecule has 2 rings (SSSR count). The van der Waals surface area contributed by atoms with Gasteiger partial charge < -0.3 is 5.32 Å². The standard InChI is InChI=1S/C14H12ClF2NO2S/c15-11-3-1-2-10(8-11)9-18-12-4-6-13(7-5-12)21(19,20)14(16)17/h1-8,14,18H,9H2. The molecule has 21 heavy (non-hydrogen) atoms. The van der Waals surface area contributed by atoms with E-state index in [0.717, 1.165) is 17.7 Å². The van der Waals surface area contributed by atoms with Crippen molar-refractivity contribution in [2.45, 2.75) is 17.2 Å². The summed E-state index contributed by atoms with van der Waals surface area (Å²) >= 11 is 5.86. The molecule has 0 amide bonds. The highest BCUT2D eigenvalue weighted by atomic mass is 35.5. The van der Waals surface area contributed by atoms with Crippen LogP contribution in [0.4, 0.5) is 14.5 Å². The molecule has 112 valence electrons. The number of hydrogen-bond donors (Lipinski definition) is 1. The number of hydrogen-bond acceptors (Lipinski definition) is 3. The van der Waals surface area contributed by atoms with Crippen molar-refractivity contribution in [1.82, 2.24) is 0 Å². The lowest BCUT2D eigenvalue weighted by Crippen LogP contribution is -2.11. The third-order valence-electron chi connectivity index (χ3n) is 2.80. The van der Waals surface area contributed by atoms with Gasteiger partial charge in [-0.1, -0.05) is 23.7 Å². The first kappa shape index (κ1) is 15.7. The summed E-state index contributed by atoms with van der Waals surface area (Å²) in [4.78, 5) is -0.397. The topological polar surface area (TPSA) is 46.2 Å². The number of rotatable bonds is 5. The molecule has 0 aliphatic heterocycles. The molecule has 0 heterocycles. The molecule has 0 spiro atoms. The van der Waals surface area contributed by atoms with Crippen LogP contribution in [-0.2, 0) is 16.4 Å². The van der Waals surface area contributed by atoms with E-state index < -0.39 is 20.5 Å². The molecule has 2 aromatic rings. The molecular formula is C14H12ClF2NO2S. The number of nitrogens with one attached hydrogen (secondary N) is 1. The zero-order chi connectivity index (χ0) is 15.5. The van der Waals surface area contributed by atoms with Gasteiger partial charge in [0.2, 0.25) is 9.84 Å². The van der Waals surface area contributed by atoms with Gasteiger partial charge in [-0.15, -0.1) is 0 Å². The molecule has 0 fully saturated rings. The van der Waals surface area contributed by atoms with Crippen LogP contribution in [0.2, 0.25) is 5.02 Å². The number of benzene rings is 2. The Bertz CT molecular complexity index is 718. The Labute approximate surface area is 126 Å². The Hall–Kier alpha value is -1.66. The summed E-state index contributed by atoms with van der Waals surface area (Å²) < 4.78 is 47.3. The van der Waals surface area contributed by atoms with Crippen molar-refractivity contribution >= 4 is 27.1 Å². The van der Waals surface area contributed by atoms with Crippen LogP contribution in [0.3, 0.4) is 0 Å². The van der Waals surface area contributed by atoms with Crippen molar-refractivity contribution in [2.75, 3.05) is 5.32 Å². The van der Waals surface area contributed by atoms with Gasteiger partial charge in [0.05, 0.1) is 4.90 Å².